The first kappa shape index (κ1) is 24.3. The quantitative estimate of drug-likeness (QED) is 0.569. The average Bonchev–Trinajstić information content (AvgIpc) is 2.78. The first-order valence-electron chi connectivity index (χ1n) is 11.2. The molecule has 33 heavy (non-hydrogen) atoms. The minimum absolute atomic E-state index is 0.0269. The summed E-state index contributed by atoms with van der Waals surface area (Å²) < 4.78 is 0. The van der Waals surface area contributed by atoms with Crippen molar-refractivity contribution in [3.63, 3.8) is 0 Å². The molecule has 3 N–H and O–H groups in total. The fourth-order valence-corrected chi connectivity index (χ4v) is 3.77. The third-order valence-electron chi connectivity index (χ3n) is 5.68. The van der Waals surface area contributed by atoms with Gasteiger partial charge < -0.3 is 20.6 Å². The van der Waals surface area contributed by atoms with Crippen molar-refractivity contribution in [3.05, 3.63) is 59.2 Å². The zero-order chi connectivity index (χ0) is 24.0. The van der Waals surface area contributed by atoms with Gasteiger partial charge >= 0.3 is 5.97 Å². The number of carbonyl (C=O) groups excluding carboxylic acids is 2. The molecule has 0 bridgehead atoms. The molecule has 0 aliphatic carbocycles. The average molecular weight is 453 g/mol. The van der Waals surface area contributed by atoms with E-state index in [0.29, 0.717) is 50.7 Å². The highest BCUT2D eigenvalue weighted by atomic mass is 16.4. The van der Waals surface area contributed by atoms with Gasteiger partial charge in [0.05, 0.1) is 17.8 Å². The number of carboxylic acids is 1. The number of carboxylic acid groups (broad SMARTS) is 1. The number of aryl methyl sites for hydroxylation is 1. The maximum absolute atomic E-state index is 12.7. The van der Waals surface area contributed by atoms with Crippen LogP contribution in [0.5, 0.6) is 0 Å². The maximum Gasteiger partial charge on any atom is 0.337 e. The molecular formula is C25H32N4O4. The molecule has 3 rings (SSSR count). The summed E-state index contributed by atoms with van der Waals surface area (Å²) in [5, 5.41) is 15.4. The van der Waals surface area contributed by atoms with Crippen LogP contribution in [0, 0.1) is 12.8 Å². The molecule has 0 saturated carbocycles. The van der Waals surface area contributed by atoms with Crippen LogP contribution in [0.2, 0.25) is 0 Å². The number of carbonyl (C=O) groups is 3. The Morgan fingerprint density at radius 2 is 1.70 bits per heavy atom. The van der Waals surface area contributed by atoms with Crippen molar-refractivity contribution in [3.8, 4) is 0 Å². The zero-order valence-electron chi connectivity index (χ0n) is 19.4. The Kier molecular flexibility index (Phi) is 8.06. The van der Waals surface area contributed by atoms with Gasteiger partial charge in [0.15, 0.2) is 0 Å². The van der Waals surface area contributed by atoms with Crippen LogP contribution < -0.4 is 15.5 Å². The van der Waals surface area contributed by atoms with E-state index in [2.05, 4.69) is 34.3 Å². The number of hydrogen-bond acceptors (Lipinski definition) is 5. The lowest BCUT2D eigenvalue weighted by molar-refractivity contribution is -0.122. The number of anilines is 2. The highest BCUT2D eigenvalue weighted by Gasteiger charge is 2.22. The van der Waals surface area contributed by atoms with Crippen LogP contribution in [-0.2, 0) is 4.79 Å². The van der Waals surface area contributed by atoms with Crippen LogP contribution in [0.15, 0.2) is 42.5 Å². The normalized spacial score (nSPS) is 14.2. The molecule has 2 aromatic rings. The number of piperazine rings is 1. The van der Waals surface area contributed by atoms with Crippen LogP contribution >= 0.6 is 0 Å². The molecule has 0 radical (unpaired) electrons. The van der Waals surface area contributed by atoms with E-state index in [1.165, 1.54) is 0 Å². The molecule has 0 atom stereocenters. The lowest BCUT2D eigenvalue weighted by Gasteiger charge is -2.36. The molecule has 2 amide bonds. The first-order chi connectivity index (χ1) is 15.7. The van der Waals surface area contributed by atoms with Gasteiger partial charge in [-0.3, -0.25) is 14.5 Å². The predicted octanol–water partition coefficient (Wildman–Crippen LogP) is 2.84. The summed E-state index contributed by atoms with van der Waals surface area (Å²) in [6.07, 6.45) is 0. The van der Waals surface area contributed by atoms with Crippen LogP contribution in [0.3, 0.4) is 0 Å². The summed E-state index contributed by atoms with van der Waals surface area (Å²) in [5.74, 6) is -0.997. The number of nitrogens with one attached hydrogen (secondary N) is 2. The standard InChI is InChI=1S/C25H32N4O4/c1-17(2)15-26-23(30)16-28-10-12-29(13-11-28)19-8-9-22(21(14-19)25(32)33)27-24(31)20-7-5-4-6-18(20)3/h4-9,14,17H,10-13,15-16H2,1-3H3,(H,26,30)(H,27,31)(H,32,33). The van der Waals surface area contributed by atoms with E-state index in [0.717, 1.165) is 11.3 Å². The van der Waals surface area contributed by atoms with E-state index in [9.17, 15) is 19.5 Å². The summed E-state index contributed by atoms with van der Waals surface area (Å²) in [5.41, 5.74) is 2.42. The number of benzene rings is 2. The number of hydrogen-bond donors (Lipinski definition) is 3. The van der Waals surface area contributed by atoms with Crippen LogP contribution in [-0.4, -0.2) is 67.1 Å². The lowest BCUT2D eigenvalue weighted by Crippen LogP contribution is -2.49. The third kappa shape index (κ3) is 6.55. The zero-order valence-corrected chi connectivity index (χ0v) is 19.4. The topological polar surface area (TPSA) is 102 Å². The molecule has 8 nitrogen and oxygen atoms in total. The van der Waals surface area contributed by atoms with Crippen LogP contribution in [0.1, 0.15) is 40.1 Å². The van der Waals surface area contributed by atoms with Gasteiger partial charge in [-0.05, 0) is 42.7 Å². The Bertz CT molecular complexity index is 1010. The fraction of sp³-hybridized carbons (Fsp3) is 0.400. The number of amides is 2. The second-order valence-corrected chi connectivity index (χ2v) is 8.77. The summed E-state index contributed by atoms with van der Waals surface area (Å²) in [6, 6.07) is 12.2. The molecule has 1 fully saturated rings. The van der Waals surface area contributed by atoms with Crippen molar-refractivity contribution >= 4 is 29.2 Å². The Labute approximate surface area is 194 Å². The highest BCUT2D eigenvalue weighted by molar-refractivity contribution is 6.08. The first-order valence-corrected chi connectivity index (χ1v) is 11.2. The van der Waals surface area contributed by atoms with Crippen molar-refractivity contribution in [2.45, 2.75) is 20.8 Å². The van der Waals surface area contributed by atoms with E-state index in [-0.39, 0.29) is 23.1 Å². The lowest BCUT2D eigenvalue weighted by atomic mass is 10.1. The SMILES string of the molecule is Cc1ccccc1C(=O)Nc1ccc(N2CCN(CC(=O)NCC(C)C)CC2)cc1C(=O)O. The summed E-state index contributed by atoms with van der Waals surface area (Å²) in [4.78, 5) is 40.8. The van der Waals surface area contributed by atoms with E-state index >= 15 is 0 Å². The van der Waals surface area contributed by atoms with Gasteiger partial charge in [-0.25, -0.2) is 4.79 Å². The van der Waals surface area contributed by atoms with Gasteiger partial charge in [-0.2, -0.15) is 0 Å². The predicted molar refractivity (Wildman–Crippen MR) is 129 cm³/mol. The molecular weight excluding hydrogens is 420 g/mol. The summed E-state index contributed by atoms with van der Waals surface area (Å²) >= 11 is 0. The molecule has 2 aromatic carbocycles. The molecule has 176 valence electrons. The second-order valence-electron chi connectivity index (χ2n) is 8.77. The van der Waals surface area contributed by atoms with Crippen molar-refractivity contribution in [1.82, 2.24) is 10.2 Å². The van der Waals surface area contributed by atoms with Gasteiger partial charge in [0, 0.05) is 44.0 Å². The third-order valence-corrected chi connectivity index (χ3v) is 5.68. The van der Waals surface area contributed by atoms with E-state index in [1.807, 2.05) is 25.1 Å². The van der Waals surface area contributed by atoms with E-state index in [4.69, 9.17) is 0 Å². The Morgan fingerprint density at radius 3 is 2.33 bits per heavy atom. The van der Waals surface area contributed by atoms with Crippen LogP contribution in [0.25, 0.3) is 0 Å². The maximum atomic E-state index is 12.7. The number of nitrogens with zero attached hydrogens (tertiary/aromatic N) is 2. The Hall–Kier alpha value is -3.39. The van der Waals surface area contributed by atoms with Gasteiger partial charge in [-0.15, -0.1) is 0 Å². The van der Waals surface area contributed by atoms with Crippen molar-refractivity contribution in [1.29, 1.82) is 0 Å². The molecule has 0 spiro atoms. The molecule has 0 aromatic heterocycles. The number of rotatable bonds is 8. The minimum Gasteiger partial charge on any atom is -0.478 e. The van der Waals surface area contributed by atoms with E-state index in [1.54, 1.807) is 24.3 Å². The van der Waals surface area contributed by atoms with Crippen LogP contribution in [0.4, 0.5) is 11.4 Å². The molecule has 1 saturated heterocycles. The van der Waals surface area contributed by atoms with Gasteiger partial charge in [-0.1, -0.05) is 32.0 Å². The van der Waals surface area contributed by atoms with Crippen molar-refractivity contribution < 1.29 is 19.5 Å². The highest BCUT2D eigenvalue weighted by Crippen LogP contribution is 2.25. The second kappa shape index (κ2) is 11.0. The van der Waals surface area contributed by atoms with E-state index < -0.39 is 5.97 Å². The molecule has 1 aliphatic rings. The van der Waals surface area contributed by atoms with Gasteiger partial charge in [0.1, 0.15) is 0 Å². The Morgan fingerprint density at radius 1 is 1.00 bits per heavy atom. The van der Waals surface area contributed by atoms with Gasteiger partial charge in [0.25, 0.3) is 5.91 Å². The minimum atomic E-state index is -1.10. The summed E-state index contributed by atoms with van der Waals surface area (Å²) in [7, 11) is 0. The fourth-order valence-electron chi connectivity index (χ4n) is 3.77. The largest absolute Gasteiger partial charge is 0.478 e. The molecule has 0 unspecified atom stereocenters. The van der Waals surface area contributed by atoms with Crippen molar-refractivity contribution in [2.24, 2.45) is 5.92 Å². The molecule has 1 aliphatic heterocycles. The van der Waals surface area contributed by atoms with Gasteiger partial charge in [0.2, 0.25) is 5.91 Å². The smallest absolute Gasteiger partial charge is 0.337 e. The molecule has 8 heteroatoms. The monoisotopic (exact) mass is 452 g/mol. The Balaban J connectivity index is 1.64. The van der Waals surface area contributed by atoms with Crippen molar-refractivity contribution in [2.75, 3.05) is 49.5 Å². The number of aromatic carboxylic acids is 1. The molecule has 1 heterocycles. The summed E-state index contributed by atoms with van der Waals surface area (Å²) in [6.45, 7) is 9.79.